The maximum atomic E-state index is 6.11. The van der Waals surface area contributed by atoms with Gasteiger partial charge in [-0.05, 0) is 31.2 Å². The average Bonchev–Trinajstić information content (AvgIpc) is 2.14. The van der Waals surface area contributed by atoms with Gasteiger partial charge in [-0.3, -0.25) is 0 Å². The Hall–Kier alpha value is -0.530. The Morgan fingerprint density at radius 3 is 2.40 bits per heavy atom. The summed E-state index contributed by atoms with van der Waals surface area (Å²) < 4.78 is 0. The van der Waals surface area contributed by atoms with Crippen molar-refractivity contribution >= 4 is 12.4 Å². The molecule has 0 aliphatic heterocycles. The molecular weight excluding hydrogens is 206 g/mol. The smallest absolute Gasteiger partial charge is 0.0295 e. The van der Waals surface area contributed by atoms with Gasteiger partial charge in [0.1, 0.15) is 0 Å². The van der Waals surface area contributed by atoms with Crippen LogP contribution in [0.3, 0.4) is 0 Å². The van der Waals surface area contributed by atoms with E-state index in [2.05, 4.69) is 45.0 Å². The number of halogens is 1. The van der Waals surface area contributed by atoms with Crippen molar-refractivity contribution in [3.8, 4) is 0 Å². The Morgan fingerprint density at radius 1 is 1.20 bits per heavy atom. The van der Waals surface area contributed by atoms with Gasteiger partial charge in [-0.1, -0.05) is 43.7 Å². The average molecular weight is 228 g/mol. The van der Waals surface area contributed by atoms with Crippen molar-refractivity contribution in [2.45, 2.75) is 39.7 Å². The SMILES string of the molecule is Cc1cccc(C(N)CCC(C)C)c1.Cl. The topological polar surface area (TPSA) is 26.0 Å². The second-order valence-electron chi connectivity index (χ2n) is 4.49. The molecule has 1 nitrogen and oxygen atoms in total. The van der Waals surface area contributed by atoms with E-state index in [1.54, 1.807) is 0 Å². The second-order valence-corrected chi connectivity index (χ2v) is 4.49. The van der Waals surface area contributed by atoms with Crippen LogP contribution in [0.15, 0.2) is 24.3 Å². The summed E-state index contributed by atoms with van der Waals surface area (Å²) in [5.74, 6) is 0.742. The molecule has 0 fully saturated rings. The van der Waals surface area contributed by atoms with Gasteiger partial charge in [-0.25, -0.2) is 0 Å². The molecular formula is C13H22ClN. The predicted octanol–water partition coefficient (Wildman–Crippen LogP) is 3.85. The van der Waals surface area contributed by atoms with E-state index in [4.69, 9.17) is 5.73 Å². The van der Waals surface area contributed by atoms with Crippen molar-refractivity contribution < 1.29 is 0 Å². The monoisotopic (exact) mass is 227 g/mol. The van der Waals surface area contributed by atoms with E-state index in [0.29, 0.717) is 0 Å². The lowest BCUT2D eigenvalue weighted by Crippen LogP contribution is -2.11. The second kappa shape index (κ2) is 6.86. The fraction of sp³-hybridized carbons (Fsp3) is 0.538. The molecule has 0 amide bonds. The van der Waals surface area contributed by atoms with Crippen molar-refractivity contribution in [2.24, 2.45) is 11.7 Å². The van der Waals surface area contributed by atoms with Gasteiger partial charge in [0.15, 0.2) is 0 Å². The fourth-order valence-electron chi connectivity index (χ4n) is 1.58. The number of benzene rings is 1. The van der Waals surface area contributed by atoms with Gasteiger partial charge in [0.25, 0.3) is 0 Å². The lowest BCUT2D eigenvalue weighted by Gasteiger charge is -2.13. The lowest BCUT2D eigenvalue weighted by atomic mass is 9.97. The van der Waals surface area contributed by atoms with Gasteiger partial charge in [0.2, 0.25) is 0 Å². The van der Waals surface area contributed by atoms with Gasteiger partial charge in [-0.15, -0.1) is 12.4 Å². The molecule has 2 N–H and O–H groups in total. The van der Waals surface area contributed by atoms with Gasteiger partial charge in [0, 0.05) is 6.04 Å². The summed E-state index contributed by atoms with van der Waals surface area (Å²) in [6, 6.07) is 8.71. The summed E-state index contributed by atoms with van der Waals surface area (Å²) >= 11 is 0. The number of hydrogen-bond acceptors (Lipinski definition) is 1. The summed E-state index contributed by atoms with van der Waals surface area (Å²) in [5.41, 5.74) is 8.68. The highest BCUT2D eigenvalue weighted by Crippen LogP contribution is 2.19. The van der Waals surface area contributed by atoms with Crippen LogP contribution in [0.2, 0.25) is 0 Å². The molecule has 0 aromatic heterocycles. The largest absolute Gasteiger partial charge is 0.324 e. The van der Waals surface area contributed by atoms with E-state index < -0.39 is 0 Å². The van der Waals surface area contributed by atoms with Crippen LogP contribution in [0.4, 0.5) is 0 Å². The first-order valence-electron chi connectivity index (χ1n) is 5.41. The van der Waals surface area contributed by atoms with E-state index in [0.717, 1.165) is 12.3 Å². The van der Waals surface area contributed by atoms with Crippen molar-refractivity contribution in [2.75, 3.05) is 0 Å². The van der Waals surface area contributed by atoms with Crippen molar-refractivity contribution in [1.29, 1.82) is 0 Å². The zero-order valence-electron chi connectivity index (χ0n) is 9.86. The summed E-state index contributed by atoms with van der Waals surface area (Å²) in [6.07, 6.45) is 2.29. The summed E-state index contributed by atoms with van der Waals surface area (Å²) in [6.45, 7) is 6.59. The zero-order valence-corrected chi connectivity index (χ0v) is 10.7. The lowest BCUT2D eigenvalue weighted by molar-refractivity contribution is 0.507. The predicted molar refractivity (Wildman–Crippen MR) is 69.4 cm³/mol. The molecule has 1 aromatic carbocycles. The number of aryl methyl sites for hydroxylation is 1. The van der Waals surface area contributed by atoms with Crippen molar-refractivity contribution in [3.63, 3.8) is 0 Å². The molecule has 0 aliphatic carbocycles. The van der Waals surface area contributed by atoms with Crippen LogP contribution >= 0.6 is 12.4 Å². The first-order valence-corrected chi connectivity index (χ1v) is 5.41. The Bertz CT molecular complexity index is 284. The highest BCUT2D eigenvalue weighted by atomic mass is 35.5. The Kier molecular flexibility index (Phi) is 6.62. The van der Waals surface area contributed by atoms with Crippen LogP contribution in [0.25, 0.3) is 0 Å². The van der Waals surface area contributed by atoms with Crippen LogP contribution < -0.4 is 5.73 Å². The fourth-order valence-corrected chi connectivity index (χ4v) is 1.58. The molecule has 0 aliphatic rings. The molecule has 15 heavy (non-hydrogen) atoms. The number of hydrogen-bond donors (Lipinski definition) is 1. The normalized spacial score (nSPS) is 12.3. The Morgan fingerprint density at radius 2 is 1.87 bits per heavy atom. The quantitative estimate of drug-likeness (QED) is 0.831. The minimum absolute atomic E-state index is 0. The van der Waals surface area contributed by atoms with E-state index in [1.165, 1.54) is 17.5 Å². The van der Waals surface area contributed by atoms with E-state index in [1.807, 2.05) is 0 Å². The Balaban J connectivity index is 0.00000196. The molecule has 2 heteroatoms. The number of rotatable bonds is 4. The maximum absolute atomic E-state index is 6.11. The molecule has 0 saturated heterocycles. The highest BCUT2D eigenvalue weighted by molar-refractivity contribution is 5.85. The van der Waals surface area contributed by atoms with Gasteiger partial charge in [-0.2, -0.15) is 0 Å². The molecule has 1 unspecified atom stereocenters. The molecule has 1 atom stereocenters. The third-order valence-corrected chi connectivity index (χ3v) is 2.53. The third kappa shape index (κ3) is 5.19. The van der Waals surface area contributed by atoms with Crippen LogP contribution in [-0.2, 0) is 0 Å². The van der Waals surface area contributed by atoms with Crippen LogP contribution in [-0.4, -0.2) is 0 Å². The molecule has 1 rings (SSSR count). The summed E-state index contributed by atoms with van der Waals surface area (Å²) in [5, 5.41) is 0. The minimum Gasteiger partial charge on any atom is -0.324 e. The summed E-state index contributed by atoms with van der Waals surface area (Å²) in [7, 11) is 0. The van der Waals surface area contributed by atoms with Crippen LogP contribution in [0.1, 0.15) is 43.9 Å². The number of nitrogens with two attached hydrogens (primary N) is 1. The van der Waals surface area contributed by atoms with E-state index >= 15 is 0 Å². The standard InChI is InChI=1S/C13H21N.ClH/c1-10(2)7-8-13(14)12-6-4-5-11(3)9-12;/h4-6,9-10,13H,7-8,14H2,1-3H3;1H. The molecule has 86 valence electrons. The highest BCUT2D eigenvalue weighted by Gasteiger charge is 2.06. The van der Waals surface area contributed by atoms with Crippen LogP contribution in [0, 0.1) is 12.8 Å². The van der Waals surface area contributed by atoms with Gasteiger partial charge >= 0.3 is 0 Å². The van der Waals surface area contributed by atoms with E-state index in [9.17, 15) is 0 Å². The third-order valence-electron chi connectivity index (χ3n) is 2.53. The first kappa shape index (κ1) is 14.5. The zero-order chi connectivity index (χ0) is 10.6. The molecule has 0 radical (unpaired) electrons. The molecule has 0 bridgehead atoms. The molecule has 0 heterocycles. The minimum atomic E-state index is 0. The molecule has 0 spiro atoms. The first-order chi connectivity index (χ1) is 6.59. The van der Waals surface area contributed by atoms with Crippen molar-refractivity contribution in [1.82, 2.24) is 0 Å². The van der Waals surface area contributed by atoms with Crippen LogP contribution in [0.5, 0.6) is 0 Å². The maximum Gasteiger partial charge on any atom is 0.0295 e. The van der Waals surface area contributed by atoms with E-state index in [-0.39, 0.29) is 18.4 Å². The van der Waals surface area contributed by atoms with Gasteiger partial charge in [0.05, 0.1) is 0 Å². The van der Waals surface area contributed by atoms with Gasteiger partial charge < -0.3 is 5.73 Å². The Labute approximate surface area is 99.5 Å². The molecule has 0 saturated carbocycles. The van der Waals surface area contributed by atoms with Crippen molar-refractivity contribution in [3.05, 3.63) is 35.4 Å². The summed E-state index contributed by atoms with van der Waals surface area (Å²) in [4.78, 5) is 0. The molecule has 1 aromatic rings.